The van der Waals surface area contributed by atoms with Crippen molar-refractivity contribution in [2.45, 2.75) is 11.7 Å². The molecule has 0 heterocycles. The number of aliphatic carboxylic acids is 2. The first-order chi connectivity index (χ1) is 6.38. The number of hydrogen-bond acceptors (Lipinski definition) is 6. The van der Waals surface area contributed by atoms with Crippen LogP contribution >= 0.6 is 0 Å². The second kappa shape index (κ2) is 3.24. The van der Waals surface area contributed by atoms with Crippen molar-refractivity contribution in [2.75, 3.05) is 0 Å². The van der Waals surface area contributed by atoms with E-state index in [0.29, 0.717) is 12.2 Å². The molecule has 0 aromatic carbocycles. The molecule has 0 unspecified atom stereocenters. The van der Waals surface area contributed by atoms with Gasteiger partial charge < -0.3 is 30.0 Å². The van der Waals surface area contributed by atoms with E-state index in [2.05, 4.69) is 0 Å². The normalized spacial score (nSPS) is 31.0. The van der Waals surface area contributed by atoms with Crippen LogP contribution in [0.25, 0.3) is 0 Å². The summed E-state index contributed by atoms with van der Waals surface area (Å²) in [5.74, 6) is -3.48. The summed E-state index contributed by atoms with van der Waals surface area (Å²) in [5, 5.41) is 39.1. The van der Waals surface area contributed by atoms with Gasteiger partial charge in [0.05, 0.1) is 11.9 Å². The predicted octanol–water partition coefficient (Wildman–Crippen LogP) is -3.93. The highest BCUT2D eigenvalue weighted by Crippen LogP contribution is 2.20. The summed E-state index contributed by atoms with van der Waals surface area (Å²) >= 11 is 0. The van der Waals surface area contributed by atoms with Gasteiger partial charge >= 0.3 is 0 Å². The molecule has 6 nitrogen and oxygen atoms in total. The minimum atomic E-state index is -2.58. The van der Waals surface area contributed by atoms with Crippen LogP contribution in [0.3, 0.4) is 0 Å². The van der Waals surface area contributed by atoms with Crippen LogP contribution in [0, 0.1) is 0 Å². The fraction of sp³-hybridized carbons (Fsp3) is 0.250. The molecule has 1 rings (SSSR count). The number of hydrogen-bond donors (Lipinski definition) is 2. The number of carboxylic acids is 2. The van der Waals surface area contributed by atoms with Gasteiger partial charge in [-0.2, -0.15) is 0 Å². The van der Waals surface area contributed by atoms with E-state index in [4.69, 9.17) is 5.11 Å². The molecule has 1 aliphatic rings. The van der Waals surface area contributed by atoms with E-state index in [1.807, 2.05) is 0 Å². The maximum atomic E-state index is 10.4. The van der Waals surface area contributed by atoms with Crippen molar-refractivity contribution in [3.63, 3.8) is 0 Å². The SMILES string of the molecule is O=C([O-])C1=C[C@H](O)[C@@](O)(C(=O)[O-])C=C1. The van der Waals surface area contributed by atoms with Gasteiger partial charge in [0.15, 0.2) is 5.60 Å². The van der Waals surface area contributed by atoms with Crippen LogP contribution in [0.2, 0.25) is 0 Å². The zero-order chi connectivity index (χ0) is 10.9. The zero-order valence-corrected chi connectivity index (χ0v) is 6.84. The summed E-state index contributed by atoms with van der Waals surface area (Å²) in [7, 11) is 0. The number of carboxylic acid groups (broad SMARTS) is 2. The Morgan fingerprint density at radius 1 is 1.43 bits per heavy atom. The minimum Gasteiger partial charge on any atom is -0.547 e. The average Bonchev–Trinajstić information content (AvgIpc) is 2.09. The van der Waals surface area contributed by atoms with Gasteiger partial charge in [-0.1, -0.05) is 6.08 Å². The van der Waals surface area contributed by atoms with Crippen molar-refractivity contribution in [2.24, 2.45) is 0 Å². The van der Waals surface area contributed by atoms with Crippen LogP contribution in [0.5, 0.6) is 0 Å². The van der Waals surface area contributed by atoms with Crippen LogP contribution in [0.1, 0.15) is 0 Å². The molecule has 2 atom stereocenters. The van der Waals surface area contributed by atoms with E-state index in [-0.39, 0.29) is 0 Å². The number of rotatable bonds is 2. The van der Waals surface area contributed by atoms with Gasteiger partial charge in [-0.25, -0.2) is 0 Å². The lowest BCUT2D eigenvalue weighted by Crippen LogP contribution is -2.55. The minimum absolute atomic E-state index is 0.400. The van der Waals surface area contributed by atoms with Crippen molar-refractivity contribution < 1.29 is 30.0 Å². The highest BCUT2D eigenvalue weighted by Gasteiger charge is 2.35. The Kier molecular flexibility index (Phi) is 2.41. The van der Waals surface area contributed by atoms with Crippen molar-refractivity contribution in [3.8, 4) is 0 Å². The second-order valence-electron chi connectivity index (χ2n) is 2.80. The van der Waals surface area contributed by atoms with Crippen LogP contribution in [-0.2, 0) is 9.59 Å². The van der Waals surface area contributed by atoms with Gasteiger partial charge in [-0.3, -0.25) is 0 Å². The summed E-state index contributed by atoms with van der Waals surface area (Å²) in [6.07, 6.45) is 0.270. The largest absolute Gasteiger partial charge is 0.547 e. The molecule has 0 saturated heterocycles. The highest BCUT2D eigenvalue weighted by molar-refractivity contribution is 5.90. The monoisotopic (exact) mass is 198 g/mol. The molecule has 0 spiro atoms. The summed E-state index contributed by atoms with van der Waals surface area (Å²) in [5.41, 5.74) is -2.98. The van der Waals surface area contributed by atoms with Crippen molar-refractivity contribution in [1.29, 1.82) is 0 Å². The van der Waals surface area contributed by atoms with Crippen molar-refractivity contribution >= 4 is 11.9 Å². The predicted molar refractivity (Wildman–Crippen MR) is 38.2 cm³/mol. The molecule has 0 aromatic heterocycles. The fourth-order valence-electron chi connectivity index (χ4n) is 0.993. The number of carbonyl (C=O) groups excluding carboxylic acids is 2. The first-order valence-electron chi connectivity index (χ1n) is 3.62. The molecule has 0 fully saturated rings. The summed E-state index contributed by atoms with van der Waals surface area (Å²) in [4.78, 5) is 20.7. The molecule has 6 heteroatoms. The van der Waals surface area contributed by atoms with Crippen LogP contribution in [0.15, 0.2) is 23.8 Å². The molecular formula is C8H6O6-2. The molecule has 14 heavy (non-hydrogen) atoms. The molecule has 0 amide bonds. The fourth-order valence-corrected chi connectivity index (χ4v) is 0.993. The van der Waals surface area contributed by atoms with E-state index >= 15 is 0 Å². The molecule has 0 aromatic rings. The van der Waals surface area contributed by atoms with Gasteiger partial charge in [0.2, 0.25) is 0 Å². The number of aliphatic hydroxyl groups is 2. The lowest BCUT2D eigenvalue weighted by atomic mass is 9.89. The Bertz CT molecular complexity index is 342. The smallest absolute Gasteiger partial charge is 0.152 e. The molecule has 76 valence electrons. The molecule has 0 radical (unpaired) electrons. The average molecular weight is 198 g/mol. The van der Waals surface area contributed by atoms with Gasteiger partial charge in [-0.05, 0) is 17.7 Å². The highest BCUT2D eigenvalue weighted by atomic mass is 16.4. The zero-order valence-electron chi connectivity index (χ0n) is 6.84. The topological polar surface area (TPSA) is 121 Å². The maximum Gasteiger partial charge on any atom is 0.152 e. The quantitative estimate of drug-likeness (QED) is 0.467. The molecule has 0 aliphatic heterocycles. The van der Waals surface area contributed by atoms with Gasteiger partial charge in [0.1, 0.15) is 6.10 Å². The molecule has 0 bridgehead atoms. The van der Waals surface area contributed by atoms with Gasteiger partial charge in [0.25, 0.3) is 0 Å². The number of carbonyl (C=O) groups is 2. The van der Waals surface area contributed by atoms with E-state index in [0.717, 1.165) is 6.08 Å². The summed E-state index contributed by atoms with van der Waals surface area (Å²) < 4.78 is 0. The van der Waals surface area contributed by atoms with Gasteiger partial charge in [0, 0.05) is 0 Å². The standard InChI is InChI=1S/C8H8O6/c9-5-3-4(6(10)11)1-2-8(5,14)7(12)13/h1-3,5,9,14H,(H,10,11)(H,12,13)/p-2/t5-,8+/m0/s1. The first kappa shape index (κ1) is 10.4. The van der Waals surface area contributed by atoms with E-state index in [9.17, 15) is 24.9 Å². The van der Waals surface area contributed by atoms with Gasteiger partial charge in [-0.15, -0.1) is 0 Å². The molecule has 0 saturated carbocycles. The second-order valence-corrected chi connectivity index (χ2v) is 2.80. The van der Waals surface area contributed by atoms with Crippen LogP contribution < -0.4 is 10.2 Å². The summed E-state index contributed by atoms with van der Waals surface area (Å²) in [6.45, 7) is 0. The van der Waals surface area contributed by atoms with Crippen LogP contribution in [0.4, 0.5) is 0 Å². The van der Waals surface area contributed by atoms with E-state index in [1.165, 1.54) is 0 Å². The maximum absolute atomic E-state index is 10.4. The summed E-state index contributed by atoms with van der Waals surface area (Å²) in [6, 6.07) is 0. The molecule has 2 N–H and O–H groups in total. The van der Waals surface area contributed by atoms with Crippen molar-refractivity contribution in [1.82, 2.24) is 0 Å². The Labute approximate surface area is 78.4 Å². The third-order valence-electron chi connectivity index (χ3n) is 1.87. The van der Waals surface area contributed by atoms with E-state index < -0.39 is 29.2 Å². The van der Waals surface area contributed by atoms with E-state index in [1.54, 1.807) is 0 Å². The first-order valence-corrected chi connectivity index (χ1v) is 3.62. The Hall–Kier alpha value is -1.66. The third kappa shape index (κ3) is 1.52. The van der Waals surface area contributed by atoms with Crippen molar-refractivity contribution in [3.05, 3.63) is 23.8 Å². The van der Waals surface area contributed by atoms with Crippen LogP contribution in [-0.4, -0.2) is 33.9 Å². The molecule has 1 aliphatic carbocycles. The Morgan fingerprint density at radius 2 is 2.00 bits per heavy atom. The number of aliphatic hydroxyl groups excluding tert-OH is 1. The lowest BCUT2D eigenvalue weighted by molar-refractivity contribution is -0.325. The molecular weight excluding hydrogens is 192 g/mol. The Balaban J connectivity index is 3.02. The Morgan fingerprint density at radius 3 is 2.36 bits per heavy atom. The lowest BCUT2D eigenvalue weighted by Gasteiger charge is -2.32. The third-order valence-corrected chi connectivity index (χ3v) is 1.87.